The molecule has 0 radical (unpaired) electrons. The van der Waals surface area contributed by atoms with Gasteiger partial charge in [-0.2, -0.15) is 10.2 Å². The number of morpholine rings is 1. The summed E-state index contributed by atoms with van der Waals surface area (Å²) in [6, 6.07) is 7.21. The third-order valence-corrected chi connectivity index (χ3v) is 4.68. The zero-order valence-corrected chi connectivity index (χ0v) is 14.6. The second-order valence-electron chi connectivity index (χ2n) is 5.68. The fourth-order valence-electron chi connectivity index (χ4n) is 2.54. The molecule has 0 N–H and O–H groups in total. The largest absolute Gasteiger partial charge is 0.379 e. The van der Waals surface area contributed by atoms with Crippen molar-refractivity contribution in [3.8, 4) is 10.4 Å². The number of aryl methyl sites for hydroxylation is 1. The molecule has 3 aromatic rings. The van der Waals surface area contributed by atoms with Crippen molar-refractivity contribution < 1.29 is 20.5 Å². The second-order valence-corrected chi connectivity index (χ2v) is 6.92. The van der Waals surface area contributed by atoms with Gasteiger partial charge in [0.1, 0.15) is 0 Å². The van der Waals surface area contributed by atoms with Gasteiger partial charge in [0.15, 0.2) is 5.78 Å². The average Bonchev–Trinajstić information content (AvgIpc) is 3.16. The van der Waals surface area contributed by atoms with Gasteiger partial charge in [-0.1, -0.05) is 6.07 Å². The Bertz CT molecular complexity index is 1240. The molecule has 1 aliphatic rings. The van der Waals surface area contributed by atoms with Crippen molar-refractivity contribution >= 4 is 28.0 Å². The molecule has 0 spiro atoms. The van der Waals surface area contributed by atoms with Crippen LogP contribution in [0.1, 0.15) is 21.7 Å². The van der Waals surface area contributed by atoms with Crippen LogP contribution in [0.5, 0.6) is 0 Å². The Kier molecular flexibility index (Phi) is 2.97. The van der Waals surface area contributed by atoms with Crippen LogP contribution < -0.4 is 0 Å². The summed E-state index contributed by atoms with van der Waals surface area (Å²) < 4.78 is 67.4. The van der Waals surface area contributed by atoms with Gasteiger partial charge in [-0.15, -0.1) is 11.3 Å². The molecule has 0 unspecified atom stereocenters. The van der Waals surface area contributed by atoms with Crippen molar-refractivity contribution in [2.45, 2.75) is 13.3 Å². The van der Waals surface area contributed by atoms with Gasteiger partial charge in [0.25, 0.3) is 0 Å². The lowest BCUT2D eigenvalue weighted by molar-refractivity contribution is -0.120. The Morgan fingerprint density at radius 3 is 2.92 bits per heavy atom. The van der Waals surface area contributed by atoms with Gasteiger partial charge in [-0.3, -0.25) is 9.69 Å². The SMILES string of the molecule is [2H]C1([2H])OC([2H])([2H])C([2H])([2H])N(CC(=O)Cc2cc3cc(-c4cnc(C)s4)ccc3nn2)C1([2H])[2H]. The topological polar surface area (TPSA) is 68.2 Å². The van der Waals surface area contributed by atoms with E-state index in [0.29, 0.717) is 10.9 Å². The van der Waals surface area contributed by atoms with Crippen LogP contribution in [0.2, 0.25) is 0 Å². The zero-order valence-electron chi connectivity index (χ0n) is 21.8. The summed E-state index contributed by atoms with van der Waals surface area (Å²) in [6.07, 6.45) is 1.43. The van der Waals surface area contributed by atoms with E-state index in [1.165, 1.54) is 11.3 Å². The molecule has 1 fully saturated rings. The van der Waals surface area contributed by atoms with Crippen LogP contribution in [0.15, 0.2) is 30.5 Å². The van der Waals surface area contributed by atoms with Gasteiger partial charge in [0, 0.05) is 30.1 Å². The number of nitrogens with zero attached hydrogens (tertiary/aromatic N) is 4. The number of rotatable bonds is 5. The summed E-state index contributed by atoms with van der Waals surface area (Å²) in [7, 11) is 0. The predicted molar refractivity (Wildman–Crippen MR) is 101 cm³/mol. The Labute approximate surface area is 167 Å². The average molecular weight is 377 g/mol. The monoisotopic (exact) mass is 376 g/mol. The van der Waals surface area contributed by atoms with Crippen LogP contribution in [0, 0.1) is 6.92 Å². The zero-order chi connectivity index (χ0) is 25.1. The number of carbonyl (C=O) groups excluding carboxylic acids is 1. The number of ether oxygens (including phenoxy) is 1. The highest BCUT2D eigenvalue weighted by Gasteiger charge is 2.15. The molecule has 0 saturated carbocycles. The summed E-state index contributed by atoms with van der Waals surface area (Å²) in [5.41, 5.74) is 1.78. The van der Waals surface area contributed by atoms with Crippen molar-refractivity contribution in [1.29, 1.82) is 0 Å². The van der Waals surface area contributed by atoms with Gasteiger partial charge < -0.3 is 4.74 Å². The first-order chi connectivity index (χ1) is 15.6. The molecule has 1 aromatic carbocycles. The number of aromatic nitrogens is 3. The second kappa shape index (κ2) is 7.57. The fourth-order valence-corrected chi connectivity index (χ4v) is 3.32. The Balaban J connectivity index is 1.58. The number of thiazole rings is 1. The molecule has 6 nitrogen and oxygen atoms in total. The van der Waals surface area contributed by atoms with Crippen LogP contribution in [-0.4, -0.2) is 58.5 Å². The summed E-state index contributed by atoms with van der Waals surface area (Å²) in [5.74, 6) is -0.691. The van der Waals surface area contributed by atoms with E-state index in [1.807, 2.05) is 19.1 Å². The molecule has 134 valence electrons. The van der Waals surface area contributed by atoms with E-state index >= 15 is 0 Å². The maximum atomic E-state index is 12.8. The molecule has 0 bridgehead atoms. The lowest BCUT2D eigenvalue weighted by Gasteiger charge is -2.25. The highest BCUT2D eigenvalue weighted by molar-refractivity contribution is 7.15. The van der Waals surface area contributed by atoms with Crippen molar-refractivity contribution in [2.75, 3.05) is 32.7 Å². The molecule has 0 atom stereocenters. The number of benzene rings is 1. The Hall–Kier alpha value is -2.22. The van der Waals surface area contributed by atoms with Gasteiger partial charge in [0.05, 0.1) is 52.7 Å². The van der Waals surface area contributed by atoms with Crippen LogP contribution >= 0.6 is 11.3 Å². The quantitative estimate of drug-likeness (QED) is 0.682. The minimum Gasteiger partial charge on any atom is -0.379 e. The van der Waals surface area contributed by atoms with Crippen LogP contribution in [-0.2, 0) is 16.0 Å². The van der Waals surface area contributed by atoms with Gasteiger partial charge in [-0.05, 0) is 30.7 Å². The van der Waals surface area contributed by atoms with E-state index in [0.717, 1.165) is 15.4 Å². The molecule has 26 heavy (non-hydrogen) atoms. The molecule has 1 saturated heterocycles. The molecule has 1 aliphatic heterocycles. The van der Waals surface area contributed by atoms with Crippen LogP contribution in [0.3, 0.4) is 0 Å². The normalized spacial score (nSPS) is 27.7. The number of ketones is 1. The van der Waals surface area contributed by atoms with Crippen LogP contribution in [0.25, 0.3) is 21.3 Å². The van der Waals surface area contributed by atoms with Crippen molar-refractivity contribution in [1.82, 2.24) is 20.1 Å². The summed E-state index contributed by atoms with van der Waals surface area (Å²) in [4.78, 5) is 18.2. The number of hydrogen-bond acceptors (Lipinski definition) is 7. The van der Waals surface area contributed by atoms with E-state index in [1.54, 1.807) is 18.3 Å². The molecule has 0 aliphatic carbocycles. The van der Waals surface area contributed by atoms with Crippen LogP contribution in [0.4, 0.5) is 0 Å². The molecule has 0 amide bonds. The highest BCUT2D eigenvalue weighted by Crippen LogP contribution is 2.28. The molecule has 2 aromatic heterocycles. The summed E-state index contributed by atoms with van der Waals surface area (Å²) in [6.45, 7) is -11.6. The van der Waals surface area contributed by atoms with Gasteiger partial charge in [-0.25, -0.2) is 4.98 Å². The lowest BCUT2D eigenvalue weighted by atomic mass is 10.1. The Morgan fingerprint density at radius 2 is 2.15 bits per heavy atom. The van der Waals surface area contributed by atoms with E-state index in [-0.39, 0.29) is 17.0 Å². The predicted octanol–water partition coefficient (Wildman–Crippen LogP) is 2.51. The first kappa shape index (κ1) is 10.2. The van der Waals surface area contributed by atoms with Crippen molar-refractivity contribution in [3.05, 3.63) is 41.2 Å². The molecular weight excluding hydrogens is 348 g/mol. The molecule has 3 heterocycles. The molecule has 7 heteroatoms. The smallest absolute Gasteiger partial charge is 0.152 e. The van der Waals surface area contributed by atoms with Crippen molar-refractivity contribution in [2.24, 2.45) is 0 Å². The molecular formula is C19H20N4O2S. The maximum Gasteiger partial charge on any atom is 0.152 e. The van der Waals surface area contributed by atoms with E-state index < -0.39 is 38.4 Å². The minimum atomic E-state index is -3.20. The molecule has 4 rings (SSSR count). The number of carbonyl (C=O) groups is 1. The fraction of sp³-hybridized carbons (Fsp3) is 0.368. The standard InChI is InChI=1S/C19H20N4O2S/c1-13-20-11-19(26-13)14-2-3-18-15(8-14)9-16(21-22-18)10-17(24)12-23-4-6-25-7-5-23/h2-3,8-9,11H,4-7,10,12H2,1H3/i4D2,5D2,6D2,7D2. The third-order valence-electron chi connectivity index (χ3n) is 3.72. The van der Waals surface area contributed by atoms with E-state index in [4.69, 9.17) is 11.0 Å². The number of fused-ring (bicyclic) bond motifs is 1. The van der Waals surface area contributed by atoms with E-state index in [2.05, 4.69) is 19.9 Å². The first-order valence-corrected chi connectivity index (χ1v) is 8.64. The highest BCUT2D eigenvalue weighted by atomic mass is 32.1. The first-order valence-electron chi connectivity index (χ1n) is 11.8. The van der Waals surface area contributed by atoms with Gasteiger partial charge in [0.2, 0.25) is 0 Å². The maximum absolute atomic E-state index is 12.8. The minimum absolute atomic E-state index is 0.227. The number of Topliss-reactive ketones (excluding diaryl/α,β-unsaturated/α-hetero) is 1. The third kappa shape index (κ3) is 3.95. The Morgan fingerprint density at radius 1 is 1.31 bits per heavy atom. The van der Waals surface area contributed by atoms with Crippen molar-refractivity contribution in [3.63, 3.8) is 0 Å². The summed E-state index contributed by atoms with van der Waals surface area (Å²) in [5, 5.41) is 9.76. The van der Waals surface area contributed by atoms with Gasteiger partial charge >= 0.3 is 0 Å². The number of hydrogen-bond donors (Lipinski definition) is 0. The lowest BCUT2D eigenvalue weighted by Crippen LogP contribution is -2.40. The van der Waals surface area contributed by atoms with E-state index in [9.17, 15) is 4.79 Å². The summed E-state index contributed by atoms with van der Waals surface area (Å²) >= 11 is 1.53.